The molecular formula is C19H22ClN3O2. The number of aryl methyl sites for hydroxylation is 1. The van der Waals surface area contributed by atoms with Crippen LogP contribution in [0, 0.1) is 0 Å². The summed E-state index contributed by atoms with van der Waals surface area (Å²) in [7, 11) is 3.19. The van der Waals surface area contributed by atoms with E-state index < -0.39 is 0 Å². The van der Waals surface area contributed by atoms with Crippen molar-refractivity contribution in [3.05, 3.63) is 52.8 Å². The van der Waals surface area contributed by atoms with Gasteiger partial charge < -0.3 is 19.8 Å². The first-order valence-electron chi connectivity index (χ1n) is 8.26. The minimum absolute atomic E-state index is 0.556. The number of H-pyrrole nitrogens is 1. The summed E-state index contributed by atoms with van der Waals surface area (Å²) in [4.78, 5) is 7.94. The van der Waals surface area contributed by atoms with Gasteiger partial charge in [0.05, 0.1) is 30.3 Å². The van der Waals surface area contributed by atoms with E-state index in [0.29, 0.717) is 16.5 Å². The van der Waals surface area contributed by atoms with Gasteiger partial charge in [0.15, 0.2) is 11.5 Å². The maximum atomic E-state index is 6.23. The zero-order valence-electron chi connectivity index (χ0n) is 14.4. The number of fused-ring (bicyclic) bond motifs is 1. The molecule has 5 nitrogen and oxygen atoms in total. The minimum atomic E-state index is 0.556. The number of para-hydroxylation sites is 2. The van der Waals surface area contributed by atoms with Gasteiger partial charge in [-0.15, -0.1) is 0 Å². The molecule has 2 N–H and O–H groups in total. The monoisotopic (exact) mass is 359 g/mol. The Hall–Kier alpha value is -2.24. The lowest BCUT2D eigenvalue weighted by atomic mass is 10.2. The fourth-order valence-electron chi connectivity index (χ4n) is 2.81. The molecule has 25 heavy (non-hydrogen) atoms. The van der Waals surface area contributed by atoms with Crippen LogP contribution in [0.25, 0.3) is 11.0 Å². The molecule has 0 bridgehead atoms. The van der Waals surface area contributed by atoms with Crippen molar-refractivity contribution in [3.8, 4) is 11.5 Å². The first-order chi connectivity index (χ1) is 12.2. The van der Waals surface area contributed by atoms with E-state index in [0.717, 1.165) is 48.4 Å². The van der Waals surface area contributed by atoms with E-state index in [1.807, 2.05) is 36.4 Å². The van der Waals surface area contributed by atoms with Gasteiger partial charge in [-0.3, -0.25) is 0 Å². The topological polar surface area (TPSA) is 59.2 Å². The number of aromatic nitrogens is 2. The molecule has 0 saturated carbocycles. The summed E-state index contributed by atoms with van der Waals surface area (Å²) in [6.45, 7) is 1.61. The van der Waals surface area contributed by atoms with E-state index in [-0.39, 0.29) is 0 Å². The smallest absolute Gasteiger partial charge is 0.179 e. The second-order valence-corrected chi connectivity index (χ2v) is 6.20. The molecule has 0 fully saturated rings. The van der Waals surface area contributed by atoms with Crippen LogP contribution >= 0.6 is 11.6 Å². The second-order valence-electron chi connectivity index (χ2n) is 5.79. The third-order valence-electron chi connectivity index (χ3n) is 4.03. The van der Waals surface area contributed by atoms with E-state index in [2.05, 4.69) is 15.3 Å². The van der Waals surface area contributed by atoms with Gasteiger partial charge >= 0.3 is 0 Å². The Labute approximate surface area is 152 Å². The Balaban J connectivity index is 1.49. The summed E-state index contributed by atoms with van der Waals surface area (Å²) >= 11 is 6.23. The van der Waals surface area contributed by atoms with Gasteiger partial charge in [-0.2, -0.15) is 0 Å². The molecule has 0 radical (unpaired) electrons. The molecule has 1 heterocycles. The number of aromatic amines is 1. The highest BCUT2D eigenvalue weighted by atomic mass is 35.5. The summed E-state index contributed by atoms with van der Waals surface area (Å²) in [6, 6.07) is 11.9. The molecule has 2 aromatic carbocycles. The maximum absolute atomic E-state index is 6.23. The summed E-state index contributed by atoms with van der Waals surface area (Å²) in [5, 5.41) is 3.98. The maximum Gasteiger partial charge on any atom is 0.179 e. The van der Waals surface area contributed by atoms with Crippen LogP contribution in [-0.4, -0.2) is 30.7 Å². The average Bonchev–Trinajstić information content (AvgIpc) is 3.03. The number of benzene rings is 2. The molecule has 0 amide bonds. The number of nitrogens with one attached hydrogen (secondary N) is 2. The predicted octanol–water partition coefficient (Wildman–Crippen LogP) is 3.96. The van der Waals surface area contributed by atoms with Gasteiger partial charge in [-0.05, 0) is 42.8 Å². The molecule has 0 unspecified atom stereocenters. The van der Waals surface area contributed by atoms with Gasteiger partial charge in [-0.1, -0.05) is 23.7 Å². The molecule has 3 aromatic rings. The minimum Gasteiger partial charge on any atom is -0.493 e. The predicted molar refractivity (Wildman–Crippen MR) is 101 cm³/mol. The lowest BCUT2D eigenvalue weighted by molar-refractivity contribution is 0.354. The zero-order valence-corrected chi connectivity index (χ0v) is 15.2. The van der Waals surface area contributed by atoms with Gasteiger partial charge in [0, 0.05) is 13.0 Å². The van der Waals surface area contributed by atoms with Crippen LogP contribution in [0.4, 0.5) is 0 Å². The lowest BCUT2D eigenvalue weighted by Crippen LogP contribution is -2.15. The van der Waals surface area contributed by atoms with Gasteiger partial charge in [-0.25, -0.2) is 4.98 Å². The number of hydrogen-bond acceptors (Lipinski definition) is 4. The highest BCUT2D eigenvalue weighted by Gasteiger charge is 2.10. The van der Waals surface area contributed by atoms with Crippen molar-refractivity contribution in [2.45, 2.75) is 19.4 Å². The molecular weight excluding hydrogens is 338 g/mol. The molecule has 0 saturated heterocycles. The number of rotatable bonds is 8. The Kier molecular flexibility index (Phi) is 5.79. The number of ether oxygens (including phenoxy) is 2. The highest BCUT2D eigenvalue weighted by molar-refractivity contribution is 6.32. The van der Waals surface area contributed by atoms with Crippen LogP contribution in [0.3, 0.4) is 0 Å². The zero-order chi connectivity index (χ0) is 17.6. The molecule has 6 heteroatoms. The number of nitrogens with zero attached hydrogens (tertiary/aromatic N) is 1. The van der Waals surface area contributed by atoms with E-state index in [4.69, 9.17) is 21.1 Å². The standard InChI is InChI=1S/C19H22ClN3O2/c1-24-17-11-13(10-14(20)19(17)25-2)12-21-9-5-8-18-22-15-6-3-4-7-16(15)23-18/h3-4,6-7,10-11,21H,5,8-9,12H2,1-2H3,(H,22,23). The summed E-state index contributed by atoms with van der Waals surface area (Å²) in [5.41, 5.74) is 3.17. The third-order valence-corrected chi connectivity index (χ3v) is 4.31. The third kappa shape index (κ3) is 4.24. The Morgan fingerprint density at radius 2 is 2.00 bits per heavy atom. The first kappa shape index (κ1) is 17.6. The van der Waals surface area contributed by atoms with Crippen LogP contribution in [-0.2, 0) is 13.0 Å². The summed E-state index contributed by atoms with van der Waals surface area (Å²) < 4.78 is 10.6. The number of halogens is 1. The van der Waals surface area contributed by atoms with Gasteiger partial charge in [0.1, 0.15) is 5.82 Å². The fourth-order valence-corrected chi connectivity index (χ4v) is 3.12. The Bertz CT molecular complexity index is 815. The van der Waals surface area contributed by atoms with Crippen molar-refractivity contribution in [1.29, 1.82) is 0 Å². The molecule has 1 aromatic heterocycles. The first-order valence-corrected chi connectivity index (χ1v) is 8.64. The number of methoxy groups -OCH3 is 2. The Morgan fingerprint density at radius 3 is 2.76 bits per heavy atom. The van der Waals surface area contributed by atoms with Crippen molar-refractivity contribution < 1.29 is 9.47 Å². The summed E-state index contributed by atoms with van der Waals surface area (Å²) in [5.74, 6) is 2.24. The highest BCUT2D eigenvalue weighted by Crippen LogP contribution is 2.35. The van der Waals surface area contributed by atoms with E-state index >= 15 is 0 Å². The largest absolute Gasteiger partial charge is 0.493 e. The fraction of sp³-hybridized carbons (Fsp3) is 0.316. The summed E-state index contributed by atoms with van der Waals surface area (Å²) in [6.07, 6.45) is 1.91. The van der Waals surface area contributed by atoms with E-state index in [1.165, 1.54) is 0 Å². The molecule has 0 atom stereocenters. The normalized spacial score (nSPS) is 11.0. The van der Waals surface area contributed by atoms with Crippen molar-refractivity contribution in [1.82, 2.24) is 15.3 Å². The Morgan fingerprint density at radius 1 is 1.16 bits per heavy atom. The number of imidazole rings is 1. The van der Waals surface area contributed by atoms with Crippen LogP contribution in [0.15, 0.2) is 36.4 Å². The lowest BCUT2D eigenvalue weighted by Gasteiger charge is -2.12. The van der Waals surface area contributed by atoms with E-state index in [9.17, 15) is 0 Å². The average molecular weight is 360 g/mol. The molecule has 0 aliphatic heterocycles. The van der Waals surface area contributed by atoms with Crippen molar-refractivity contribution >= 4 is 22.6 Å². The van der Waals surface area contributed by atoms with Crippen LogP contribution in [0.5, 0.6) is 11.5 Å². The van der Waals surface area contributed by atoms with Crippen LogP contribution in [0.2, 0.25) is 5.02 Å². The van der Waals surface area contributed by atoms with Gasteiger partial charge in [0.2, 0.25) is 0 Å². The van der Waals surface area contributed by atoms with Gasteiger partial charge in [0.25, 0.3) is 0 Å². The molecule has 0 aliphatic carbocycles. The van der Waals surface area contributed by atoms with Crippen molar-refractivity contribution in [2.24, 2.45) is 0 Å². The van der Waals surface area contributed by atoms with E-state index in [1.54, 1.807) is 14.2 Å². The van der Waals surface area contributed by atoms with Crippen molar-refractivity contribution in [2.75, 3.05) is 20.8 Å². The quantitative estimate of drug-likeness (QED) is 0.598. The molecule has 0 spiro atoms. The molecule has 3 rings (SSSR count). The van der Waals surface area contributed by atoms with Crippen LogP contribution < -0.4 is 14.8 Å². The number of hydrogen-bond donors (Lipinski definition) is 2. The van der Waals surface area contributed by atoms with Crippen molar-refractivity contribution in [3.63, 3.8) is 0 Å². The second kappa shape index (κ2) is 8.23. The molecule has 0 aliphatic rings. The van der Waals surface area contributed by atoms with Crippen LogP contribution in [0.1, 0.15) is 17.8 Å². The SMILES string of the molecule is COc1cc(CNCCCc2nc3ccccc3[nH]2)cc(Cl)c1OC. The molecule has 132 valence electrons.